The number of nitrogens with one attached hydrogen (secondary N) is 1. The van der Waals surface area contributed by atoms with Gasteiger partial charge in [0.05, 0.1) is 64.1 Å². The van der Waals surface area contributed by atoms with Crippen LogP contribution in [0.1, 0.15) is 57.4 Å². The molecule has 2 aromatic carbocycles. The monoisotopic (exact) mass is 731 g/mol. The van der Waals surface area contributed by atoms with E-state index in [9.17, 15) is 14.5 Å². The predicted octanol–water partition coefficient (Wildman–Crippen LogP) is 4.87. The Balaban J connectivity index is 0.00000345. The Labute approximate surface area is 302 Å². The Morgan fingerprint density at radius 2 is 1.51 bits per heavy atom. The minimum Gasteiger partial charge on any atom is -0.400 e. The van der Waals surface area contributed by atoms with Gasteiger partial charge in [-0.2, -0.15) is 0 Å². The summed E-state index contributed by atoms with van der Waals surface area (Å²) >= 11 is 0. The summed E-state index contributed by atoms with van der Waals surface area (Å²) in [6.45, 7) is 7.19. The molecular weight excluding hydrogens is 677 g/mol. The highest BCUT2D eigenvalue weighted by Crippen LogP contribution is 2.41. The average Bonchev–Trinajstić information content (AvgIpc) is 3.57. The van der Waals surface area contributed by atoms with Crippen molar-refractivity contribution in [2.45, 2.75) is 65.0 Å². The molecule has 0 saturated heterocycles. The molecule has 3 aromatic rings. The molecule has 1 aliphatic rings. The second kappa shape index (κ2) is 24.8. The van der Waals surface area contributed by atoms with Gasteiger partial charge in [-0.3, -0.25) is 9.59 Å². The molecule has 0 spiro atoms. The smallest absolute Gasteiger partial charge is 0.329 e. The first-order chi connectivity index (χ1) is 25.0. The third-order valence-electron chi connectivity index (χ3n) is 7.94. The number of aliphatic hydroxyl groups is 1. The number of para-hydroxylation sites is 1. The van der Waals surface area contributed by atoms with E-state index in [0.29, 0.717) is 65.0 Å². The fourth-order valence-electron chi connectivity index (χ4n) is 5.48. The zero-order chi connectivity index (χ0) is 36.7. The molecule has 3 N–H and O–H groups in total. The van der Waals surface area contributed by atoms with E-state index in [4.69, 9.17) is 28.4 Å². The second-order valence-electron chi connectivity index (χ2n) is 11.5. The first kappa shape index (κ1) is 42.1. The summed E-state index contributed by atoms with van der Waals surface area (Å²) in [5, 5.41) is 19.0. The van der Waals surface area contributed by atoms with E-state index in [1.165, 1.54) is 7.11 Å². The fraction of sp³-hybridized carbons (Fsp3) is 0.556. The normalized spacial score (nSPS) is 12.5. The third-order valence-corrected chi connectivity index (χ3v) is 8.66. The van der Waals surface area contributed by atoms with Crippen molar-refractivity contribution in [3.8, 4) is 22.5 Å². The molecule has 14 nitrogen and oxygen atoms in total. The van der Waals surface area contributed by atoms with Crippen molar-refractivity contribution in [2.75, 3.05) is 71.9 Å². The quantitative estimate of drug-likeness (QED) is 0.0900. The number of unbranched alkanes of at least 4 members (excludes halogenated alkanes) is 3. The van der Waals surface area contributed by atoms with E-state index < -0.39 is 8.60 Å². The van der Waals surface area contributed by atoms with E-state index in [0.717, 1.165) is 73.9 Å². The fourth-order valence-corrected chi connectivity index (χ4v) is 5.87. The Hall–Kier alpha value is -3.33. The molecule has 1 aliphatic heterocycles. The molecule has 282 valence electrons. The van der Waals surface area contributed by atoms with Crippen LogP contribution >= 0.6 is 8.60 Å². The lowest BCUT2D eigenvalue weighted by atomic mass is 9.95. The van der Waals surface area contributed by atoms with Crippen LogP contribution in [0.25, 0.3) is 22.5 Å². The van der Waals surface area contributed by atoms with Crippen molar-refractivity contribution in [3.05, 3.63) is 54.1 Å². The van der Waals surface area contributed by atoms with Crippen molar-refractivity contribution in [2.24, 2.45) is 0 Å². The van der Waals surface area contributed by atoms with Crippen LogP contribution in [-0.4, -0.2) is 104 Å². The highest BCUT2D eigenvalue weighted by molar-refractivity contribution is 7.40. The lowest BCUT2D eigenvalue weighted by molar-refractivity contribution is -0.125. The van der Waals surface area contributed by atoms with Crippen molar-refractivity contribution < 1.29 is 42.8 Å². The number of hydrogen-bond acceptors (Lipinski definition) is 11. The Morgan fingerprint density at radius 1 is 0.843 bits per heavy atom. The maximum absolute atomic E-state index is 13.8. The number of hydrogen-bond donors (Lipinski definition) is 3. The largest absolute Gasteiger partial charge is 0.400 e. The molecule has 0 fully saturated rings. The number of amides is 2. The SMILES string of the molecule is CCCOCCOCCOCCn1nnc2c1-c1ccccc1CN(C(=O)CCC(=O)NCCCCCCOP(O)OC)c1ccccc1-2.CO. The van der Waals surface area contributed by atoms with Gasteiger partial charge in [-0.15, -0.1) is 5.10 Å². The number of anilines is 1. The van der Waals surface area contributed by atoms with Crippen molar-refractivity contribution in [3.63, 3.8) is 0 Å². The molecule has 1 atom stereocenters. The van der Waals surface area contributed by atoms with E-state index in [2.05, 4.69) is 22.6 Å². The molecule has 2 heterocycles. The minimum absolute atomic E-state index is 0.0790. The standard InChI is InChI=1S/C35H50N5O8P.CH4O/c1-3-20-45-23-25-47-26-24-46-22-19-40-35-29-13-7-6-12-28(29)27-39(31-15-9-8-14-30(31)34(35)37-38-40)33(42)17-16-32(41)36-18-10-4-5-11-21-48-49(43)44-2;1-2/h6-9,12-15,43H,3-5,10-11,16-27H2,1-2H3,(H,36,41);2H,1H3. The van der Waals surface area contributed by atoms with Gasteiger partial charge >= 0.3 is 8.60 Å². The van der Waals surface area contributed by atoms with Crippen LogP contribution in [-0.2, 0) is 45.9 Å². The predicted molar refractivity (Wildman–Crippen MR) is 196 cm³/mol. The summed E-state index contributed by atoms with van der Waals surface area (Å²) in [5.41, 5.74) is 5.02. The first-order valence-electron chi connectivity index (χ1n) is 17.6. The summed E-state index contributed by atoms with van der Waals surface area (Å²) in [4.78, 5) is 37.4. The number of fused-ring (bicyclic) bond motifs is 5. The number of carbonyl (C=O) groups excluding carboxylic acids is 2. The number of aliphatic hydroxyl groups excluding tert-OH is 1. The number of benzene rings is 2. The van der Waals surface area contributed by atoms with Crippen LogP contribution in [0.5, 0.6) is 0 Å². The van der Waals surface area contributed by atoms with E-state index >= 15 is 0 Å². The Bertz CT molecular complexity index is 1440. The summed E-state index contributed by atoms with van der Waals surface area (Å²) in [7, 11) is 0.625. The van der Waals surface area contributed by atoms with Crippen LogP contribution in [0.2, 0.25) is 0 Å². The highest BCUT2D eigenvalue weighted by Gasteiger charge is 2.29. The lowest BCUT2D eigenvalue weighted by Crippen LogP contribution is -2.33. The number of aromatic nitrogens is 3. The van der Waals surface area contributed by atoms with Crippen LogP contribution in [0, 0.1) is 0 Å². The van der Waals surface area contributed by atoms with E-state index in [1.54, 1.807) is 4.90 Å². The molecule has 0 saturated carbocycles. The van der Waals surface area contributed by atoms with Crippen LogP contribution in [0.3, 0.4) is 0 Å². The van der Waals surface area contributed by atoms with Gasteiger partial charge in [0.2, 0.25) is 11.8 Å². The molecule has 51 heavy (non-hydrogen) atoms. The zero-order valence-electron chi connectivity index (χ0n) is 30.1. The number of rotatable bonds is 23. The molecule has 0 radical (unpaired) electrons. The second-order valence-corrected chi connectivity index (χ2v) is 12.6. The zero-order valence-corrected chi connectivity index (χ0v) is 31.0. The van der Waals surface area contributed by atoms with Gasteiger partial charge in [0.25, 0.3) is 0 Å². The van der Waals surface area contributed by atoms with Crippen LogP contribution in [0.4, 0.5) is 5.69 Å². The molecule has 4 rings (SSSR count). The average molecular weight is 732 g/mol. The van der Waals surface area contributed by atoms with E-state index in [1.807, 2.05) is 53.2 Å². The topological polar surface area (TPSA) is 167 Å². The number of carbonyl (C=O) groups is 2. The van der Waals surface area contributed by atoms with Gasteiger partial charge in [-0.25, -0.2) is 4.68 Å². The highest BCUT2D eigenvalue weighted by atomic mass is 31.2. The van der Waals surface area contributed by atoms with Crippen molar-refractivity contribution >= 4 is 26.1 Å². The maximum atomic E-state index is 13.8. The van der Waals surface area contributed by atoms with Gasteiger partial charge in [0, 0.05) is 51.3 Å². The first-order valence-corrected chi connectivity index (χ1v) is 18.7. The van der Waals surface area contributed by atoms with Gasteiger partial charge in [0.15, 0.2) is 0 Å². The van der Waals surface area contributed by atoms with Gasteiger partial charge < -0.3 is 43.5 Å². The van der Waals surface area contributed by atoms with Gasteiger partial charge in [0.1, 0.15) is 5.69 Å². The summed E-state index contributed by atoms with van der Waals surface area (Å²) in [6.07, 6.45) is 4.65. The molecule has 0 aliphatic carbocycles. The van der Waals surface area contributed by atoms with Crippen molar-refractivity contribution in [1.82, 2.24) is 20.3 Å². The summed E-state index contributed by atoms with van der Waals surface area (Å²) in [6, 6.07) is 15.7. The van der Waals surface area contributed by atoms with E-state index in [-0.39, 0.29) is 24.7 Å². The molecular formula is C36H54N5O9P. The third kappa shape index (κ3) is 14.0. The molecule has 2 amide bonds. The van der Waals surface area contributed by atoms with Crippen molar-refractivity contribution in [1.29, 1.82) is 0 Å². The Morgan fingerprint density at radius 3 is 2.25 bits per heavy atom. The van der Waals surface area contributed by atoms with Crippen LogP contribution < -0.4 is 10.2 Å². The van der Waals surface area contributed by atoms with Gasteiger partial charge in [-0.05, 0) is 30.9 Å². The number of ether oxygens (including phenoxy) is 3. The Kier molecular flexibility index (Phi) is 20.5. The lowest BCUT2D eigenvalue weighted by Gasteiger charge is -2.28. The molecule has 0 bridgehead atoms. The molecule has 15 heteroatoms. The van der Waals surface area contributed by atoms with Gasteiger partial charge in [-0.1, -0.05) is 67.4 Å². The summed E-state index contributed by atoms with van der Waals surface area (Å²) in [5.74, 6) is -0.288. The molecule has 1 aromatic heterocycles. The maximum Gasteiger partial charge on any atom is 0.329 e. The minimum atomic E-state index is -1.78. The van der Waals surface area contributed by atoms with Crippen LogP contribution in [0.15, 0.2) is 48.5 Å². The molecule has 1 unspecified atom stereocenters. The number of nitrogens with zero attached hydrogens (tertiary/aromatic N) is 4. The summed E-state index contributed by atoms with van der Waals surface area (Å²) < 4.78 is 28.5.